The summed E-state index contributed by atoms with van der Waals surface area (Å²) in [5.41, 5.74) is 1.55. The fourth-order valence-electron chi connectivity index (χ4n) is 2.14. The molecule has 112 valence electrons. The fraction of sp³-hybridized carbons (Fsp3) is 0.312. The van der Waals surface area contributed by atoms with Gasteiger partial charge in [-0.3, -0.25) is 0 Å². The SMILES string of the molecule is CCCNCc1cc(Br)cnc1N(C)c1ccccc1F. The first-order chi connectivity index (χ1) is 10.1. The Balaban J connectivity index is 2.31. The van der Waals surface area contributed by atoms with Crippen LogP contribution in [0.15, 0.2) is 41.0 Å². The summed E-state index contributed by atoms with van der Waals surface area (Å²) >= 11 is 3.44. The van der Waals surface area contributed by atoms with Crippen molar-refractivity contribution in [2.75, 3.05) is 18.5 Å². The zero-order chi connectivity index (χ0) is 15.2. The van der Waals surface area contributed by atoms with Gasteiger partial charge in [0.25, 0.3) is 0 Å². The summed E-state index contributed by atoms with van der Waals surface area (Å²) in [6.07, 6.45) is 2.80. The van der Waals surface area contributed by atoms with Gasteiger partial charge in [-0.2, -0.15) is 0 Å². The number of pyridine rings is 1. The standard InChI is InChI=1S/C16H19BrFN3/c1-3-8-19-10-12-9-13(17)11-20-16(12)21(2)15-7-5-4-6-14(15)18/h4-7,9,11,19H,3,8,10H2,1-2H3. The van der Waals surface area contributed by atoms with E-state index in [0.717, 1.165) is 28.8 Å². The summed E-state index contributed by atoms with van der Waals surface area (Å²) in [5.74, 6) is 0.504. The molecule has 2 rings (SSSR count). The average molecular weight is 352 g/mol. The van der Waals surface area contributed by atoms with Crippen molar-refractivity contribution in [3.63, 3.8) is 0 Å². The van der Waals surface area contributed by atoms with Gasteiger partial charge < -0.3 is 10.2 Å². The number of para-hydroxylation sites is 1. The highest BCUT2D eigenvalue weighted by Crippen LogP contribution is 2.28. The molecule has 3 nitrogen and oxygen atoms in total. The van der Waals surface area contributed by atoms with Crippen LogP contribution in [0.3, 0.4) is 0 Å². The third-order valence-electron chi connectivity index (χ3n) is 3.18. The van der Waals surface area contributed by atoms with Gasteiger partial charge in [0.2, 0.25) is 0 Å². The Kier molecular flexibility index (Phi) is 5.70. The molecule has 21 heavy (non-hydrogen) atoms. The van der Waals surface area contributed by atoms with Crippen LogP contribution in [0.2, 0.25) is 0 Å². The predicted molar refractivity (Wildman–Crippen MR) is 88.4 cm³/mol. The summed E-state index contributed by atoms with van der Waals surface area (Å²) in [6.45, 7) is 3.77. The molecule has 5 heteroatoms. The van der Waals surface area contributed by atoms with E-state index in [1.54, 1.807) is 23.2 Å². The molecule has 0 saturated carbocycles. The zero-order valence-corrected chi connectivity index (χ0v) is 13.8. The van der Waals surface area contributed by atoms with Gasteiger partial charge in [0.05, 0.1) is 5.69 Å². The second kappa shape index (κ2) is 7.52. The van der Waals surface area contributed by atoms with Gasteiger partial charge in [-0.1, -0.05) is 19.1 Å². The number of nitrogens with one attached hydrogen (secondary N) is 1. The minimum atomic E-state index is -0.253. The quantitative estimate of drug-likeness (QED) is 0.788. The number of nitrogens with zero attached hydrogens (tertiary/aromatic N) is 2. The average Bonchev–Trinajstić information content (AvgIpc) is 2.47. The van der Waals surface area contributed by atoms with Crippen molar-refractivity contribution in [3.8, 4) is 0 Å². The van der Waals surface area contributed by atoms with Crippen molar-refractivity contribution < 1.29 is 4.39 Å². The Hall–Kier alpha value is -1.46. The molecule has 0 aliphatic carbocycles. The molecule has 0 aliphatic heterocycles. The van der Waals surface area contributed by atoms with Crippen LogP contribution in [0, 0.1) is 5.82 Å². The topological polar surface area (TPSA) is 28.2 Å². The van der Waals surface area contributed by atoms with Gasteiger partial charge in [-0.15, -0.1) is 0 Å². The first-order valence-corrected chi connectivity index (χ1v) is 7.76. The largest absolute Gasteiger partial charge is 0.327 e. The minimum Gasteiger partial charge on any atom is -0.327 e. The molecule has 0 radical (unpaired) electrons. The highest BCUT2D eigenvalue weighted by molar-refractivity contribution is 9.10. The van der Waals surface area contributed by atoms with E-state index in [0.29, 0.717) is 12.2 Å². The summed E-state index contributed by atoms with van der Waals surface area (Å²) in [7, 11) is 1.83. The van der Waals surface area contributed by atoms with E-state index < -0.39 is 0 Å². The molecule has 0 spiro atoms. The monoisotopic (exact) mass is 351 g/mol. The predicted octanol–water partition coefficient (Wildman–Crippen LogP) is 4.25. The smallest absolute Gasteiger partial charge is 0.146 e. The fourth-order valence-corrected chi connectivity index (χ4v) is 2.52. The summed E-state index contributed by atoms with van der Waals surface area (Å²) in [5, 5.41) is 3.36. The molecule has 1 N–H and O–H groups in total. The highest BCUT2D eigenvalue weighted by atomic mass is 79.9. The Morgan fingerprint density at radius 2 is 2.10 bits per heavy atom. The maximum absolute atomic E-state index is 13.9. The van der Waals surface area contributed by atoms with Crippen LogP contribution in [-0.4, -0.2) is 18.6 Å². The lowest BCUT2D eigenvalue weighted by Crippen LogP contribution is -2.19. The maximum Gasteiger partial charge on any atom is 0.146 e. The van der Waals surface area contributed by atoms with E-state index in [1.165, 1.54) is 6.07 Å². The Morgan fingerprint density at radius 1 is 1.33 bits per heavy atom. The Labute approximate surface area is 133 Å². The molecule has 0 aliphatic rings. The molecule has 0 amide bonds. The first kappa shape index (κ1) is 15.9. The summed E-state index contributed by atoms with van der Waals surface area (Å²) in [4.78, 5) is 6.23. The van der Waals surface area contributed by atoms with Gasteiger partial charge >= 0.3 is 0 Å². The van der Waals surface area contributed by atoms with Crippen molar-refractivity contribution in [1.82, 2.24) is 10.3 Å². The number of hydrogen-bond donors (Lipinski definition) is 1. The van der Waals surface area contributed by atoms with Gasteiger partial charge in [0.1, 0.15) is 11.6 Å². The van der Waals surface area contributed by atoms with Crippen LogP contribution in [0.25, 0.3) is 0 Å². The third-order valence-corrected chi connectivity index (χ3v) is 3.62. The van der Waals surface area contributed by atoms with Crippen LogP contribution in [-0.2, 0) is 6.54 Å². The van der Waals surface area contributed by atoms with Crippen LogP contribution in [0.5, 0.6) is 0 Å². The van der Waals surface area contributed by atoms with Gasteiger partial charge in [0, 0.05) is 29.8 Å². The highest BCUT2D eigenvalue weighted by Gasteiger charge is 2.14. The van der Waals surface area contributed by atoms with Crippen molar-refractivity contribution in [3.05, 3.63) is 52.4 Å². The number of hydrogen-bond acceptors (Lipinski definition) is 3. The zero-order valence-electron chi connectivity index (χ0n) is 12.2. The second-order valence-electron chi connectivity index (χ2n) is 4.82. The number of anilines is 2. The second-order valence-corrected chi connectivity index (χ2v) is 5.74. The molecule has 2 aromatic rings. The Bertz CT molecular complexity index is 604. The first-order valence-electron chi connectivity index (χ1n) is 6.97. The van der Waals surface area contributed by atoms with E-state index in [4.69, 9.17) is 0 Å². The van der Waals surface area contributed by atoms with Crippen molar-refractivity contribution >= 4 is 27.4 Å². The van der Waals surface area contributed by atoms with Gasteiger partial charge in [-0.25, -0.2) is 9.37 Å². The molecule has 0 unspecified atom stereocenters. The lowest BCUT2D eigenvalue weighted by molar-refractivity contribution is 0.626. The number of rotatable bonds is 6. The molecule has 0 bridgehead atoms. The molecule has 1 heterocycles. The van der Waals surface area contributed by atoms with Crippen LogP contribution in [0.1, 0.15) is 18.9 Å². The van der Waals surface area contributed by atoms with E-state index >= 15 is 0 Å². The molecule has 0 atom stereocenters. The Morgan fingerprint density at radius 3 is 2.81 bits per heavy atom. The van der Waals surface area contributed by atoms with Crippen molar-refractivity contribution in [1.29, 1.82) is 0 Å². The van der Waals surface area contributed by atoms with Crippen LogP contribution in [0.4, 0.5) is 15.9 Å². The third kappa shape index (κ3) is 4.02. The number of benzene rings is 1. The normalized spacial score (nSPS) is 10.7. The van der Waals surface area contributed by atoms with Crippen molar-refractivity contribution in [2.24, 2.45) is 0 Å². The van der Waals surface area contributed by atoms with Gasteiger partial charge in [0.15, 0.2) is 0 Å². The molecule has 1 aromatic heterocycles. The lowest BCUT2D eigenvalue weighted by Gasteiger charge is -2.22. The molecular formula is C16H19BrFN3. The lowest BCUT2D eigenvalue weighted by atomic mass is 10.2. The van der Waals surface area contributed by atoms with E-state index in [9.17, 15) is 4.39 Å². The molecule has 1 aromatic carbocycles. The summed E-state index contributed by atoms with van der Waals surface area (Å²) in [6, 6.07) is 8.73. The van der Waals surface area contributed by atoms with Crippen LogP contribution >= 0.6 is 15.9 Å². The molecular weight excluding hydrogens is 333 g/mol. The molecule has 0 fully saturated rings. The number of aromatic nitrogens is 1. The van der Waals surface area contributed by atoms with Crippen LogP contribution < -0.4 is 10.2 Å². The van der Waals surface area contributed by atoms with Gasteiger partial charge in [-0.05, 0) is 47.1 Å². The maximum atomic E-state index is 13.9. The summed E-state index contributed by atoms with van der Waals surface area (Å²) < 4.78 is 14.9. The number of halogens is 2. The van der Waals surface area contributed by atoms with E-state index in [-0.39, 0.29) is 5.82 Å². The van der Waals surface area contributed by atoms with E-state index in [1.807, 2.05) is 19.2 Å². The minimum absolute atomic E-state index is 0.253. The molecule has 0 saturated heterocycles. The van der Waals surface area contributed by atoms with Crippen molar-refractivity contribution in [2.45, 2.75) is 19.9 Å². The van der Waals surface area contributed by atoms with E-state index in [2.05, 4.69) is 33.2 Å².